The number of fused-ring (bicyclic) bond motifs is 2. The third-order valence-electron chi connectivity index (χ3n) is 7.66. The van der Waals surface area contributed by atoms with Crippen LogP contribution in [-0.4, -0.2) is 19.6 Å². The zero-order chi connectivity index (χ0) is 29.4. The van der Waals surface area contributed by atoms with Gasteiger partial charge in [0.2, 0.25) is 5.76 Å². The van der Waals surface area contributed by atoms with E-state index in [2.05, 4.69) is 0 Å². The topological polar surface area (TPSA) is 78.2 Å². The maximum Gasteiger partial charge on any atom is 0.295 e. The normalized spacial score (nSPS) is 14.2. The maximum absolute atomic E-state index is 14.1. The van der Waals surface area contributed by atoms with Crippen LogP contribution in [0, 0.1) is 13.8 Å². The molecule has 5 aromatic rings. The molecule has 0 fully saturated rings. The Kier molecular flexibility index (Phi) is 7.17. The summed E-state index contributed by atoms with van der Waals surface area (Å²) in [4.78, 5) is 29.7. The van der Waals surface area contributed by atoms with Crippen molar-refractivity contribution in [3.63, 3.8) is 0 Å². The van der Waals surface area contributed by atoms with Crippen molar-refractivity contribution in [1.82, 2.24) is 0 Å². The molecule has 0 saturated heterocycles. The molecule has 7 nitrogen and oxygen atoms in total. The fourth-order valence-corrected chi connectivity index (χ4v) is 5.37. The van der Waals surface area contributed by atoms with Crippen LogP contribution in [0.25, 0.3) is 11.0 Å². The molecule has 1 atom stereocenters. The summed E-state index contributed by atoms with van der Waals surface area (Å²) in [5, 5.41) is 0.444. The van der Waals surface area contributed by atoms with Crippen LogP contribution in [0.1, 0.15) is 51.3 Å². The number of hydrogen-bond donors (Lipinski definition) is 0. The summed E-state index contributed by atoms with van der Waals surface area (Å²) < 4.78 is 23.7. The van der Waals surface area contributed by atoms with E-state index < -0.39 is 6.04 Å². The predicted molar refractivity (Wildman–Crippen MR) is 162 cm³/mol. The van der Waals surface area contributed by atoms with E-state index in [9.17, 15) is 9.59 Å². The fourth-order valence-electron chi connectivity index (χ4n) is 5.37. The Bertz CT molecular complexity index is 1840. The smallest absolute Gasteiger partial charge is 0.295 e. The molecule has 0 spiro atoms. The van der Waals surface area contributed by atoms with Crippen LogP contribution >= 0.6 is 0 Å². The molecule has 0 aliphatic carbocycles. The monoisotopic (exact) mass is 561 g/mol. The van der Waals surface area contributed by atoms with E-state index >= 15 is 0 Å². The molecule has 1 unspecified atom stereocenters. The molecule has 212 valence electrons. The van der Waals surface area contributed by atoms with Gasteiger partial charge in [-0.15, -0.1) is 0 Å². The van der Waals surface area contributed by atoms with Crippen LogP contribution in [-0.2, 0) is 6.61 Å². The zero-order valence-electron chi connectivity index (χ0n) is 24.0. The quantitative estimate of drug-likeness (QED) is 0.200. The average molecular weight is 562 g/mol. The highest BCUT2D eigenvalue weighted by molar-refractivity contribution is 6.10. The largest absolute Gasteiger partial charge is 0.497 e. The molecule has 4 aromatic carbocycles. The van der Waals surface area contributed by atoms with Gasteiger partial charge in [0.1, 0.15) is 17.9 Å². The van der Waals surface area contributed by atoms with Crippen molar-refractivity contribution in [1.29, 1.82) is 0 Å². The third-order valence-corrected chi connectivity index (χ3v) is 7.66. The molecule has 7 heteroatoms. The molecule has 0 saturated carbocycles. The van der Waals surface area contributed by atoms with Crippen LogP contribution in [0.2, 0.25) is 0 Å². The first-order chi connectivity index (χ1) is 20.4. The predicted octanol–water partition coefficient (Wildman–Crippen LogP) is 7.15. The lowest BCUT2D eigenvalue weighted by Crippen LogP contribution is -2.29. The minimum atomic E-state index is -0.745. The van der Waals surface area contributed by atoms with Gasteiger partial charge >= 0.3 is 0 Å². The lowest BCUT2D eigenvalue weighted by Gasteiger charge is -2.26. The van der Waals surface area contributed by atoms with E-state index in [0.717, 1.165) is 16.7 Å². The summed E-state index contributed by atoms with van der Waals surface area (Å²) in [6.07, 6.45) is 0. The first kappa shape index (κ1) is 27.1. The number of anilines is 1. The molecule has 0 N–H and O–H groups in total. The Morgan fingerprint density at radius 2 is 1.57 bits per heavy atom. The number of benzene rings is 4. The number of nitrogens with zero attached hydrogens (tertiary/aromatic N) is 1. The van der Waals surface area contributed by atoms with Crippen LogP contribution in [0.3, 0.4) is 0 Å². The minimum Gasteiger partial charge on any atom is -0.497 e. The van der Waals surface area contributed by atoms with Gasteiger partial charge in [0.05, 0.1) is 30.7 Å². The van der Waals surface area contributed by atoms with E-state index in [1.54, 1.807) is 36.3 Å². The van der Waals surface area contributed by atoms with Crippen LogP contribution in [0.4, 0.5) is 5.69 Å². The molecule has 42 heavy (non-hydrogen) atoms. The second-order valence-electron chi connectivity index (χ2n) is 10.3. The van der Waals surface area contributed by atoms with E-state index in [1.165, 1.54) is 0 Å². The Morgan fingerprint density at radius 3 is 2.29 bits per heavy atom. The first-order valence-corrected chi connectivity index (χ1v) is 13.9. The highest BCUT2D eigenvalue weighted by atomic mass is 16.5. The molecule has 0 bridgehead atoms. The average Bonchev–Trinajstić information content (AvgIpc) is 3.30. The third kappa shape index (κ3) is 4.77. The maximum atomic E-state index is 14.1. The molecular formula is C35H31NO6. The summed E-state index contributed by atoms with van der Waals surface area (Å²) in [6.45, 7) is 6.59. The Morgan fingerprint density at radius 1 is 0.833 bits per heavy atom. The molecule has 6 rings (SSSR count). The van der Waals surface area contributed by atoms with Gasteiger partial charge in [-0.25, -0.2) is 0 Å². The van der Waals surface area contributed by atoms with Gasteiger partial charge in [-0.2, -0.15) is 0 Å². The minimum absolute atomic E-state index is 0.0407. The number of carbonyl (C=O) groups excluding carboxylic acids is 1. The highest BCUT2D eigenvalue weighted by Gasteiger charge is 2.44. The second-order valence-corrected chi connectivity index (χ2v) is 10.3. The molecule has 2 heterocycles. The van der Waals surface area contributed by atoms with Crippen LogP contribution < -0.4 is 24.5 Å². The number of hydrogen-bond acceptors (Lipinski definition) is 6. The highest BCUT2D eigenvalue weighted by Crippen LogP contribution is 2.44. The van der Waals surface area contributed by atoms with E-state index in [0.29, 0.717) is 58.2 Å². The Hall–Kier alpha value is -5.04. The number of amides is 1. The van der Waals surface area contributed by atoms with E-state index in [-0.39, 0.29) is 17.1 Å². The zero-order valence-corrected chi connectivity index (χ0v) is 24.0. The van der Waals surface area contributed by atoms with Crippen LogP contribution in [0.5, 0.6) is 17.2 Å². The lowest BCUT2D eigenvalue weighted by molar-refractivity contribution is 0.0971. The SMILES string of the molecule is CCOc1cc(C2c3c(oc4cc(C)c(C)cc4c3=O)C(=O)N2c2ccc(OC)cc2)ccc1OCc1ccccc1. The summed E-state index contributed by atoms with van der Waals surface area (Å²) >= 11 is 0. The van der Waals surface area contributed by atoms with Gasteiger partial charge in [-0.05, 0) is 91.6 Å². The van der Waals surface area contributed by atoms with E-state index in [1.807, 2.05) is 81.4 Å². The number of rotatable bonds is 8. The molecule has 1 aromatic heterocycles. The fraction of sp³-hybridized carbons (Fsp3) is 0.200. The van der Waals surface area contributed by atoms with Gasteiger partial charge in [0.25, 0.3) is 5.91 Å². The van der Waals surface area contributed by atoms with Crippen molar-refractivity contribution >= 4 is 22.6 Å². The lowest BCUT2D eigenvalue weighted by atomic mass is 9.97. The number of aryl methyl sites for hydroxylation is 2. The first-order valence-electron chi connectivity index (χ1n) is 13.9. The summed E-state index contributed by atoms with van der Waals surface area (Å²) in [5.41, 5.74) is 4.75. The van der Waals surface area contributed by atoms with Gasteiger partial charge in [0, 0.05) is 5.69 Å². The van der Waals surface area contributed by atoms with Crippen molar-refractivity contribution < 1.29 is 23.4 Å². The van der Waals surface area contributed by atoms with Crippen molar-refractivity contribution in [3.05, 3.63) is 129 Å². The molecular weight excluding hydrogens is 530 g/mol. The Labute approximate surface area is 243 Å². The summed E-state index contributed by atoms with van der Waals surface area (Å²) in [6, 6.07) is 25.5. The molecule has 0 radical (unpaired) electrons. The van der Waals surface area contributed by atoms with Crippen molar-refractivity contribution in [2.45, 2.75) is 33.4 Å². The van der Waals surface area contributed by atoms with Crippen molar-refractivity contribution in [3.8, 4) is 17.2 Å². The molecule has 1 aliphatic rings. The van der Waals surface area contributed by atoms with Crippen molar-refractivity contribution in [2.24, 2.45) is 0 Å². The van der Waals surface area contributed by atoms with Gasteiger partial charge in [-0.3, -0.25) is 14.5 Å². The summed E-state index contributed by atoms with van der Waals surface area (Å²) in [7, 11) is 1.59. The molecule has 1 amide bonds. The standard InChI is InChI=1S/C35H31NO6/c1-5-40-30-19-24(11-16-28(30)41-20-23-9-7-6-8-10-23)32-31-33(37)27-17-21(2)22(3)18-29(27)42-34(31)35(38)36(32)25-12-14-26(39-4)15-13-25/h6-19,32H,5,20H2,1-4H3. The van der Waals surface area contributed by atoms with Gasteiger partial charge < -0.3 is 18.6 Å². The number of carbonyl (C=O) groups is 1. The van der Waals surface area contributed by atoms with Crippen molar-refractivity contribution in [2.75, 3.05) is 18.6 Å². The van der Waals surface area contributed by atoms with Crippen LogP contribution in [0.15, 0.2) is 94.1 Å². The summed E-state index contributed by atoms with van der Waals surface area (Å²) in [5.74, 6) is 1.40. The molecule has 1 aliphatic heterocycles. The van der Waals surface area contributed by atoms with Gasteiger partial charge in [-0.1, -0.05) is 36.4 Å². The van der Waals surface area contributed by atoms with Gasteiger partial charge in [0.15, 0.2) is 16.9 Å². The number of methoxy groups -OCH3 is 1. The number of ether oxygens (including phenoxy) is 3. The Balaban J connectivity index is 1.51. The van der Waals surface area contributed by atoms with E-state index in [4.69, 9.17) is 18.6 Å². The second kappa shape index (κ2) is 11.1.